The minimum atomic E-state index is -0.715. The van der Waals surface area contributed by atoms with Crippen molar-refractivity contribution >= 4 is 40.1 Å². The molecule has 0 unspecified atom stereocenters. The van der Waals surface area contributed by atoms with Crippen LogP contribution in [-0.4, -0.2) is 42.4 Å². The Kier molecular flexibility index (Phi) is 7.41. The third-order valence-corrected chi connectivity index (χ3v) is 5.03. The van der Waals surface area contributed by atoms with E-state index in [1.165, 1.54) is 31.0 Å². The predicted octanol–water partition coefficient (Wildman–Crippen LogP) is 2.75. The number of nitrogens with zero attached hydrogens (tertiary/aromatic N) is 1. The van der Waals surface area contributed by atoms with Crippen LogP contribution < -0.4 is 10.6 Å². The van der Waals surface area contributed by atoms with Crippen LogP contribution in [0.15, 0.2) is 18.2 Å². The molecule has 1 aromatic carbocycles. The Morgan fingerprint density at radius 2 is 2.00 bits per heavy atom. The Morgan fingerprint density at radius 3 is 2.62 bits per heavy atom. The van der Waals surface area contributed by atoms with Crippen molar-refractivity contribution in [2.24, 2.45) is 0 Å². The molecule has 1 aliphatic rings. The Bertz CT molecular complexity index is 589. The second kappa shape index (κ2) is 9.31. The fraction of sp³-hybridized carbons (Fsp3) is 0.529. The molecule has 1 aromatic rings. The van der Waals surface area contributed by atoms with Crippen LogP contribution in [0.25, 0.3) is 0 Å². The third-order valence-electron chi connectivity index (χ3n) is 4.14. The highest BCUT2D eigenvalue weighted by Gasteiger charge is 2.23. The minimum absolute atomic E-state index is 0.0356. The van der Waals surface area contributed by atoms with Gasteiger partial charge in [-0.1, -0.05) is 13.3 Å². The van der Waals surface area contributed by atoms with Gasteiger partial charge in [-0.05, 0) is 66.6 Å². The van der Waals surface area contributed by atoms with Crippen LogP contribution in [0.4, 0.5) is 10.1 Å². The van der Waals surface area contributed by atoms with E-state index in [2.05, 4.69) is 22.5 Å². The van der Waals surface area contributed by atoms with E-state index in [-0.39, 0.29) is 11.9 Å². The molecule has 2 N–H and O–H groups in total. The lowest BCUT2D eigenvalue weighted by molar-refractivity contribution is -0.136. The highest BCUT2D eigenvalue weighted by atomic mass is 127. The Hall–Kier alpha value is -1.22. The number of halogens is 2. The predicted molar refractivity (Wildman–Crippen MR) is 100 cm³/mol. The number of nitrogens with one attached hydrogen (secondary N) is 2. The molecular formula is C17H23FIN3O2. The van der Waals surface area contributed by atoms with Gasteiger partial charge in [0.15, 0.2) is 0 Å². The zero-order valence-corrected chi connectivity index (χ0v) is 15.9. The van der Waals surface area contributed by atoms with Crippen LogP contribution in [0.1, 0.15) is 32.6 Å². The van der Waals surface area contributed by atoms with E-state index in [1.54, 1.807) is 0 Å². The Morgan fingerprint density at radius 1 is 1.29 bits per heavy atom. The summed E-state index contributed by atoms with van der Waals surface area (Å²) in [6, 6.07) is 4.05. The smallest absolute Gasteiger partial charge is 0.313 e. The van der Waals surface area contributed by atoms with Crippen molar-refractivity contribution in [1.82, 2.24) is 10.2 Å². The number of hydrogen-bond acceptors (Lipinski definition) is 3. The van der Waals surface area contributed by atoms with E-state index in [0.29, 0.717) is 9.26 Å². The molecule has 0 bridgehead atoms. The maximum absolute atomic E-state index is 13.1. The minimum Gasteiger partial charge on any atom is -0.345 e. The summed E-state index contributed by atoms with van der Waals surface area (Å²) in [6.07, 6.45) is 4.09. The van der Waals surface area contributed by atoms with Crippen molar-refractivity contribution < 1.29 is 14.0 Å². The van der Waals surface area contributed by atoms with E-state index in [0.717, 1.165) is 32.5 Å². The molecule has 1 heterocycles. The third kappa shape index (κ3) is 5.70. The molecule has 2 amide bonds. The highest BCUT2D eigenvalue weighted by Crippen LogP contribution is 2.19. The molecule has 0 atom stereocenters. The number of amides is 2. The van der Waals surface area contributed by atoms with Crippen molar-refractivity contribution in [2.75, 3.05) is 25.0 Å². The van der Waals surface area contributed by atoms with E-state index >= 15 is 0 Å². The second-order valence-electron chi connectivity index (χ2n) is 6.02. The largest absolute Gasteiger partial charge is 0.345 e. The first-order valence-electron chi connectivity index (χ1n) is 8.29. The molecule has 2 rings (SSSR count). The summed E-state index contributed by atoms with van der Waals surface area (Å²) in [5, 5.41) is 5.32. The van der Waals surface area contributed by atoms with Crippen molar-refractivity contribution in [3.05, 3.63) is 27.6 Å². The van der Waals surface area contributed by atoms with Crippen LogP contribution in [0.3, 0.4) is 0 Å². The van der Waals surface area contributed by atoms with Gasteiger partial charge >= 0.3 is 11.8 Å². The van der Waals surface area contributed by atoms with Gasteiger partial charge in [-0.3, -0.25) is 9.59 Å². The second-order valence-corrected chi connectivity index (χ2v) is 7.18. The SMILES string of the molecule is CCCCN1CCC(NC(=O)C(=O)Nc2ccc(F)cc2I)CC1. The molecule has 132 valence electrons. The number of piperidine rings is 1. The molecule has 0 spiro atoms. The van der Waals surface area contributed by atoms with Gasteiger partial charge in [0.25, 0.3) is 0 Å². The number of benzene rings is 1. The summed E-state index contributed by atoms with van der Waals surface area (Å²) >= 11 is 1.92. The average Bonchev–Trinajstić information content (AvgIpc) is 2.56. The first-order valence-corrected chi connectivity index (χ1v) is 9.36. The zero-order chi connectivity index (χ0) is 17.5. The maximum atomic E-state index is 13.1. The lowest BCUT2D eigenvalue weighted by atomic mass is 10.0. The highest BCUT2D eigenvalue weighted by molar-refractivity contribution is 14.1. The van der Waals surface area contributed by atoms with Gasteiger partial charge < -0.3 is 15.5 Å². The molecule has 0 saturated carbocycles. The number of anilines is 1. The molecule has 5 nitrogen and oxygen atoms in total. The molecule has 7 heteroatoms. The first kappa shape index (κ1) is 19.1. The summed E-state index contributed by atoms with van der Waals surface area (Å²) in [5.41, 5.74) is 0.437. The Labute approximate surface area is 155 Å². The normalized spacial score (nSPS) is 16.0. The van der Waals surface area contributed by atoms with Crippen LogP contribution in [0, 0.1) is 9.39 Å². The van der Waals surface area contributed by atoms with Crippen molar-refractivity contribution in [1.29, 1.82) is 0 Å². The molecule has 0 aliphatic carbocycles. The van der Waals surface area contributed by atoms with Crippen molar-refractivity contribution in [3.8, 4) is 0 Å². The molecular weight excluding hydrogens is 424 g/mol. The Balaban J connectivity index is 1.79. The van der Waals surface area contributed by atoms with Crippen LogP contribution in [0.5, 0.6) is 0 Å². The van der Waals surface area contributed by atoms with E-state index in [9.17, 15) is 14.0 Å². The van der Waals surface area contributed by atoms with Gasteiger partial charge in [0.1, 0.15) is 5.82 Å². The first-order chi connectivity index (χ1) is 11.5. The molecule has 1 fully saturated rings. The summed E-state index contributed by atoms with van der Waals surface area (Å²) in [5.74, 6) is -1.73. The fourth-order valence-electron chi connectivity index (χ4n) is 2.70. The fourth-order valence-corrected chi connectivity index (χ4v) is 3.32. The van der Waals surface area contributed by atoms with Crippen LogP contribution in [0.2, 0.25) is 0 Å². The van der Waals surface area contributed by atoms with Crippen LogP contribution in [-0.2, 0) is 9.59 Å². The summed E-state index contributed by atoms with van der Waals surface area (Å²) < 4.78 is 13.6. The maximum Gasteiger partial charge on any atom is 0.313 e. The molecule has 1 saturated heterocycles. The number of rotatable bonds is 5. The zero-order valence-electron chi connectivity index (χ0n) is 13.8. The summed E-state index contributed by atoms with van der Waals surface area (Å²) in [7, 11) is 0. The van der Waals surface area contributed by atoms with Crippen LogP contribution >= 0.6 is 22.6 Å². The number of hydrogen-bond donors (Lipinski definition) is 2. The molecule has 0 aromatic heterocycles. The number of carbonyl (C=O) groups excluding carboxylic acids is 2. The lowest BCUT2D eigenvalue weighted by Crippen LogP contribution is -2.47. The lowest BCUT2D eigenvalue weighted by Gasteiger charge is -2.32. The quantitative estimate of drug-likeness (QED) is 0.539. The average molecular weight is 447 g/mol. The monoisotopic (exact) mass is 447 g/mol. The van der Waals surface area contributed by atoms with E-state index in [4.69, 9.17) is 0 Å². The van der Waals surface area contributed by atoms with Crippen molar-refractivity contribution in [3.63, 3.8) is 0 Å². The topological polar surface area (TPSA) is 61.4 Å². The molecule has 1 aliphatic heterocycles. The number of carbonyl (C=O) groups is 2. The van der Waals surface area contributed by atoms with E-state index in [1.807, 2.05) is 22.6 Å². The summed E-state index contributed by atoms with van der Waals surface area (Å²) in [4.78, 5) is 26.4. The van der Waals surface area contributed by atoms with Gasteiger partial charge in [-0.2, -0.15) is 0 Å². The van der Waals surface area contributed by atoms with Gasteiger partial charge in [0.05, 0.1) is 5.69 Å². The van der Waals surface area contributed by atoms with Gasteiger partial charge in [0.2, 0.25) is 0 Å². The number of likely N-dealkylation sites (tertiary alicyclic amines) is 1. The molecule has 0 radical (unpaired) electrons. The van der Waals surface area contributed by atoms with Crippen molar-refractivity contribution in [2.45, 2.75) is 38.6 Å². The standard InChI is InChI=1S/C17H23FIN3O2/c1-2-3-8-22-9-6-13(7-10-22)20-16(23)17(24)21-15-5-4-12(18)11-14(15)19/h4-5,11,13H,2-3,6-10H2,1H3,(H,20,23)(H,21,24). The van der Waals surface area contributed by atoms with Gasteiger partial charge in [-0.25, -0.2) is 4.39 Å². The van der Waals surface area contributed by atoms with E-state index < -0.39 is 11.8 Å². The molecule has 24 heavy (non-hydrogen) atoms. The number of unbranched alkanes of at least 4 members (excludes halogenated alkanes) is 1. The van der Waals surface area contributed by atoms with Gasteiger partial charge in [-0.15, -0.1) is 0 Å². The van der Waals surface area contributed by atoms with Gasteiger partial charge in [0, 0.05) is 22.7 Å². The summed E-state index contributed by atoms with van der Waals surface area (Å²) in [6.45, 7) is 5.17.